The Balaban J connectivity index is 1.83. The highest BCUT2D eigenvalue weighted by atomic mass is 35.5. The molecule has 0 spiro atoms. The van der Waals surface area contributed by atoms with Gasteiger partial charge in [0.2, 0.25) is 0 Å². The molecule has 1 unspecified atom stereocenters. The molecule has 0 saturated carbocycles. The monoisotopic (exact) mass is 392 g/mol. The SMILES string of the molecule is CC(C)OC(C=C1C=CC(COC(=O)[NH2+]c2ccc(Cl)cc2)=CC1)C(=O)O. The van der Waals surface area contributed by atoms with Crippen LogP contribution in [0.2, 0.25) is 5.02 Å². The number of primary amides is 1. The van der Waals surface area contributed by atoms with E-state index in [9.17, 15) is 14.7 Å². The Morgan fingerprint density at radius 2 is 1.96 bits per heavy atom. The van der Waals surface area contributed by atoms with E-state index in [1.54, 1.807) is 50.3 Å². The zero-order valence-corrected chi connectivity index (χ0v) is 16.0. The van der Waals surface area contributed by atoms with Crippen molar-refractivity contribution in [3.63, 3.8) is 0 Å². The number of carboxylic acid groups (broad SMARTS) is 1. The number of aliphatic carboxylic acids is 1. The first kappa shape index (κ1) is 20.9. The van der Waals surface area contributed by atoms with Crippen molar-refractivity contribution < 1.29 is 29.5 Å². The first-order chi connectivity index (χ1) is 12.8. The van der Waals surface area contributed by atoms with Gasteiger partial charge in [0.15, 0.2) is 6.10 Å². The van der Waals surface area contributed by atoms with Gasteiger partial charge in [0.05, 0.1) is 6.10 Å². The van der Waals surface area contributed by atoms with Crippen molar-refractivity contribution in [3.8, 4) is 0 Å². The molecule has 1 aromatic carbocycles. The van der Waals surface area contributed by atoms with E-state index in [1.165, 1.54) is 5.32 Å². The van der Waals surface area contributed by atoms with Gasteiger partial charge < -0.3 is 14.6 Å². The van der Waals surface area contributed by atoms with Crippen LogP contribution in [0.25, 0.3) is 0 Å². The number of hydrogen-bond donors (Lipinski definition) is 2. The Labute approximate surface area is 163 Å². The Kier molecular flexibility index (Phi) is 7.79. The molecular weight excluding hydrogens is 370 g/mol. The summed E-state index contributed by atoms with van der Waals surface area (Å²) in [5.74, 6) is -1.02. The first-order valence-corrected chi connectivity index (χ1v) is 8.94. The molecule has 0 fully saturated rings. The molecule has 0 radical (unpaired) electrons. The van der Waals surface area contributed by atoms with E-state index in [2.05, 4.69) is 0 Å². The van der Waals surface area contributed by atoms with Gasteiger partial charge in [-0.3, -0.25) is 0 Å². The third-order valence-corrected chi connectivity index (χ3v) is 3.93. The fraction of sp³-hybridized carbons (Fsp3) is 0.300. The average molecular weight is 393 g/mol. The van der Waals surface area contributed by atoms with Gasteiger partial charge in [0.25, 0.3) is 0 Å². The van der Waals surface area contributed by atoms with E-state index in [-0.39, 0.29) is 12.7 Å². The number of allylic oxidation sites excluding steroid dienone is 3. The molecule has 1 amide bonds. The Hall–Kier alpha value is -2.41. The normalized spacial score (nSPS) is 16.3. The van der Waals surface area contributed by atoms with Crippen molar-refractivity contribution in [3.05, 3.63) is 64.7 Å². The molecule has 7 heteroatoms. The number of nitrogens with two attached hydrogens (primary N) is 1. The van der Waals surface area contributed by atoms with Gasteiger partial charge in [-0.2, -0.15) is 4.79 Å². The van der Waals surface area contributed by atoms with Gasteiger partial charge in [-0.15, -0.1) is 0 Å². The first-order valence-electron chi connectivity index (χ1n) is 8.56. The lowest BCUT2D eigenvalue weighted by Crippen LogP contribution is -2.82. The largest absolute Gasteiger partial charge is 0.518 e. The van der Waals surface area contributed by atoms with Gasteiger partial charge in [0.1, 0.15) is 12.3 Å². The predicted molar refractivity (Wildman–Crippen MR) is 102 cm³/mol. The number of carboxylic acids is 1. The Bertz CT molecular complexity index is 765. The molecule has 6 nitrogen and oxygen atoms in total. The minimum absolute atomic E-state index is 0.150. The lowest BCUT2D eigenvalue weighted by Gasteiger charge is -2.15. The van der Waals surface area contributed by atoms with E-state index in [4.69, 9.17) is 21.1 Å². The smallest absolute Gasteiger partial charge is 0.479 e. The Morgan fingerprint density at radius 1 is 1.26 bits per heavy atom. The van der Waals surface area contributed by atoms with E-state index < -0.39 is 18.2 Å². The number of quaternary nitrogens is 1. The minimum Gasteiger partial charge on any atom is -0.479 e. The summed E-state index contributed by atoms with van der Waals surface area (Å²) in [4.78, 5) is 23.1. The molecule has 144 valence electrons. The van der Waals surface area contributed by atoms with Crippen LogP contribution in [0.5, 0.6) is 0 Å². The molecule has 2 rings (SSSR count). The Morgan fingerprint density at radius 3 is 2.52 bits per heavy atom. The van der Waals surface area contributed by atoms with Gasteiger partial charge in [-0.1, -0.05) is 29.8 Å². The van der Waals surface area contributed by atoms with Crippen molar-refractivity contribution in [1.29, 1.82) is 0 Å². The topological polar surface area (TPSA) is 89.4 Å². The molecule has 3 N–H and O–H groups in total. The molecule has 0 aliphatic heterocycles. The van der Waals surface area contributed by atoms with Crippen LogP contribution < -0.4 is 5.32 Å². The van der Waals surface area contributed by atoms with Gasteiger partial charge in [0, 0.05) is 17.2 Å². The van der Waals surface area contributed by atoms with E-state index >= 15 is 0 Å². The molecule has 1 atom stereocenters. The summed E-state index contributed by atoms with van der Waals surface area (Å²) in [6, 6.07) is 6.87. The number of carbonyl (C=O) groups is 2. The second kappa shape index (κ2) is 10.1. The highest BCUT2D eigenvalue weighted by molar-refractivity contribution is 6.30. The summed E-state index contributed by atoms with van der Waals surface area (Å²) in [6.07, 6.45) is 6.05. The third-order valence-electron chi connectivity index (χ3n) is 3.67. The van der Waals surface area contributed by atoms with Crippen molar-refractivity contribution >= 4 is 29.4 Å². The summed E-state index contributed by atoms with van der Waals surface area (Å²) in [6.45, 7) is 3.73. The standard InChI is InChI=1S/C20H22ClNO5/c1-13(2)27-18(19(23)24)11-14-3-5-15(6-4-14)12-26-20(25)22-17-9-7-16(21)8-10-17/h3,5-11,13,18H,4,12H2,1-2H3,(H,22,25)(H,23,24)/p+1. The molecule has 27 heavy (non-hydrogen) atoms. The second-order valence-electron chi connectivity index (χ2n) is 6.31. The van der Waals surface area contributed by atoms with E-state index in [1.807, 2.05) is 12.2 Å². The van der Waals surface area contributed by atoms with Gasteiger partial charge >= 0.3 is 12.1 Å². The molecule has 0 heterocycles. The number of carbonyl (C=O) groups excluding carboxylic acids is 1. The predicted octanol–water partition coefficient (Wildman–Crippen LogP) is 3.36. The maximum atomic E-state index is 11.9. The van der Waals surface area contributed by atoms with E-state index in [0.29, 0.717) is 17.1 Å². The molecule has 0 aromatic heterocycles. The van der Waals surface area contributed by atoms with E-state index in [0.717, 1.165) is 11.1 Å². The lowest BCUT2D eigenvalue weighted by molar-refractivity contribution is -0.482. The average Bonchev–Trinajstić information content (AvgIpc) is 2.62. The van der Waals surface area contributed by atoms with Crippen LogP contribution in [0.3, 0.4) is 0 Å². The number of ether oxygens (including phenoxy) is 2. The van der Waals surface area contributed by atoms with Crippen LogP contribution in [0.1, 0.15) is 20.3 Å². The third kappa shape index (κ3) is 7.38. The zero-order valence-electron chi connectivity index (χ0n) is 15.2. The van der Waals surface area contributed by atoms with Gasteiger partial charge in [-0.25, -0.2) is 10.1 Å². The summed E-state index contributed by atoms with van der Waals surface area (Å²) < 4.78 is 10.6. The molecule has 1 aromatic rings. The summed E-state index contributed by atoms with van der Waals surface area (Å²) in [7, 11) is 0. The summed E-state index contributed by atoms with van der Waals surface area (Å²) in [5, 5.41) is 11.2. The molecular formula is C20H23ClNO5+. The van der Waals surface area contributed by atoms with Crippen LogP contribution in [-0.2, 0) is 14.3 Å². The molecule has 0 saturated heterocycles. The summed E-state index contributed by atoms with van der Waals surface area (Å²) >= 11 is 5.81. The zero-order chi connectivity index (χ0) is 19.8. The van der Waals surface area contributed by atoms with Gasteiger partial charge in [-0.05, 0) is 49.6 Å². The van der Waals surface area contributed by atoms with Crippen molar-refractivity contribution in [2.45, 2.75) is 32.5 Å². The second-order valence-corrected chi connectivity index (χ2v) is 6.74. The van der Waals surface area contributed by atoms with Crippen molar-refractivity contribution in [2.75, 3.05) is 6.61 Å². The number of halogens is 1. The van der Waals surface area contributed by atoms with Crippen molar-refractivity contribution in [2.24, 2.45) is 0 Å². The summed E-state index contributed by atoms with van der Waals surface area (Å²) in [5.41, 5.74) is 2.40. The van der Waals surface area contributed by atoms with Crippen molar-refractivity contribution in [1.82, 2.24) is 0 Å². The van der Waals surface area contributed by atoms with Crippen LogP contribution in [0, 0.1) is 0 Å². The highest BCUT2D eigenvalue weighted by Gasteiger charge is 2.18. The maximum absolute atomic E-state index is 11.9. The van der Waals surface area contributed by atoms with Crippen LogP contribution in [-0.4, -0.2) is 36.0 Å². The maximum Gasteiger partial charge on any atom is 0.518 e. The number of hydrogen-bond acceptors (Lipinski definition) is 4. The fourth-order valence-corrected chi connectivity index (χ4v) is 2.50. The minimum atomic E-state index is -1.02. The fourth-order valence-electron chi connectivity index (χ4n) is 2.38. The van der Waals surface area contributed by atoms with Crippen LogP contribution >= 0.6 is 11.6 Å². The molecule has 0 bridgehead atoms. The molecule has 1 aliphatic carbocycles. The lowest BCUT2D eigenvalue weighted by atomic mass is 10.0. The number of amides is 1. The quantitative estimate of drug-likeness (QED) is 0.694. The number of rotatable bonds is 7. The number of benzene rings is 1. The molecule has 1 aliphatic rings. The van der Waals surface area contributed by atoms with Crippen LogP contribution in [0.15, 0.2) is 59.7 Å². The highest BCUT2D eigenvalue weighted by Crippen LogP contribution is 2.18. The van der Waals surface area contributed by atoms with Crippen LogP contribution in [0.4, 0.5) is 10.5 Å².